The molecule has 118 valence electrons. The second kappa shape index (κ2) is 8.51. The van der Waals surface area contributed by atoms with Gasteiger partial charge < -0.3 is 29.2 Å². The van der Waals surface area contributed by atoms with Crippen LogP contribution in [0.2, 0.25) is 0 Å². The Morgan fingerprint density at radius 1 is 0.900 bits per heavy atom. The molecule has 0 aromatic heterocycles. The van der Waals surface area contributed by atoms with Gasteiger partial charge in [0.15, 0.2) is 10.9 Å². The van der Waals surface area contributed by atoms with Crippen molar-refractivity contribution in [1.82, 2.24) is 0 Å². The molecule has 0 fully saturated rings. The third-order valence-corrected chi connectivity index (χ3v) is 5.35. The molecule has 0 bridgehead atoms. The van der Waals surface area contributed by atoms with Crippen molar-refractivity contribution in [2.75, 3.05) is 14.2 Å². The third kappa shape index (κ3) is 5.70. The van der Waals surface area contributed by atoms with E-state index in [0.29, 0.717) is 0 Å². The molecule has 4 N–H and O–H groups in total. The minimum atomic E-state index is -4.10. The average Bonchev–Trinajstić information content (AvgIpc) is 2.42. The molecule has 0 aromatic rings. The normalized spacial score (nSPS) is 19.4. The molecule has 12 heteroatoms. The highest BCUT2D eigenvalue weighted by Gasteiger charge is 2.28. The summed E-state index contributed by atoms with van der Waals surface area (Å²) in [6.07, 6.45) is 0.380. The summed E-state index contributed by atoms with van der Waals surface area (Å²) in [4.78, 5) is 18.6. The van der Waals surface area contributed by atoms with Crippen molar-refractivity contribution in [3.8, 4) is 0 Å². The number of unbranched alkanes of at least 4 members (excludes halogenated alkanes) is 1. The van der Waals surface area contributed by atoms with Gasteiger partial charge in [0.2, 0.25) is 0 Å². The third-order valence-electron chi connectivity index (χ3n) is 2.43. The monoisotopic (exact) mass is 332 g/mol. The molecule has 0 aromatic carbocycles. The SMILES string of the molecule is COP(=O)(O)/C(CCCC/C(=N\O)P(=O)(O)OC)=N/O. The van der Waals surface area contributed by atoms with Gasteiger partial charge in [0.05, 0.1) is 0 Å². The maximum absolute atomic E-state index is 11.4. The minimum absolute atomic E-state index is 0.0560. The predicted molar refractivity (Wildman–Crippen MR) is 70.6 cm³/mol. The molecule has 0 spiro atoms. The zero-order chi connectivity index (χ0) is 15.8. The first-order valence-electron chi connectivity index (χ1n) is 5.45. The quantitative estimate of drug-likeness (QED) is 0.163. The van der Waals surface area contributed by atoms with E-state index in [9.17, 15) is 18.9 Å². The molecular weight excluding hydrogens is 314 g/mol. The van der Waals surface area contributed by atoms with Crippen LogP contribution in [0, 0.1) is 0 Å². The van der Waals surface area contributed by atoms with Crippen LogP contribution in [0.3, 0.4) is 0 Å². The molecular formula is C8H18N2O8P2. The number of rotatable bonds is 9. The Kier molecular flexibility index (Phi) is 8.19. The maximum Gasteiger partial charge on any atom is 0.375 e. The van der Waals surface area contributed by atoms with Crippen molar-refractivity contribution in [2.45, 2.75) is 25.7 Å². The van der Waals surface area contributed by atoms with Crippen LogP contribution < -0.4 is 0 Å². The van der Waals surface area contributed by atoms with E-state index in [1.807, 2.05) is 0 Å². The summed E-state index contributed by atoms with van der Waals surface area (Å²) in [5.74, 6) is 0. The van der Waals surface area contributed by atoms with Crippen LogP contribution in [-0.4, -0.2) is 45.3 Å². The van der Waals surface area contributed by atoms with E-state index in [0.717, 1.165) is 14.2 Å². The second-order valence-corrected chi connectivity index (χ2v) is 7.49. The van der Waals surface area contributed by atoms with Gasteiger partial charge in [-0.1, -0.05) is 10.3 Å². The number of oxime groups is 2. The predicted octanol–water partition coefficient (Wildman–Crippen LogP) is 1.79. The van der Waals surface area contributed by atoms with Crippen LogP contribution in [0.15, 0.2) is 10.3 Å². The molecule has 2 unspecified atom stereocenters. The average molecular weight is 332 g/mol. The smallest absolute Gasteiger partial charge is 0.375 e. The van der Waals surface area contributed by atoms with Gasteiger partial charge in [0, 0.05) is 27.1 Å². The fourth-order valence-corrected chi connectivity index (χ4v) is 2.80. The van der Waals surface area contributed by atoms with E-state index in [2.05, 4.69) is 19.4 Å². The standard InChI is InChI=1S/C8H18N2O8P2/c1-17-19(13,14)7(9-11)5-3-4-6-8(10-12)20(15,16)18-2/h11-12H,3-6H2,1-2H3,(H,13,14)(H,15,16)/b9-7+,10-8+. The van der Waals surface area contributed by atoms with Crippen LogP contribution in [-0.2, 0) is 18.2 Å². The minimum Gasteiger partial charge on any atom is -0.410 e. The van der Waals surface area contributed by atoms with Crippen molar-refractivity contribution in [2.24, 2.45) is 10.3 Å². The van der Waals surface area contributed by atoms with Gasteiger partial charge in [-0.3, -0.25) is 9.13 Å². The van der Waals surface area contributed by atoms with Crippen LogP contribution >= 0.6 is 15.2 Å². The fourth-order valence-electron chi connectivity index (χ4n) is 1.27. The summed E-state index contributed by atoms with van der Waals surface area (Å²) in [7, 11) is -6.20. The van der Waals surface area contributed by atoms with Gasteiger partial charge in [0.1, 0.15) is 0 Å². The molecule has 0 rings (SSSR count). The van der Waals surface area contributed by atoms with Crippen LogP contribution in [0.4, 0.5) is 0 Å². The Balaban J connectivity index is 4.41. The van der Waals surface area contributed by atoms with E-state index >= 15 is 0 Å². The molecule has 10 nitrogen and oxygen atoms in total. The second-order valence-electron chi connectivity index (χ2n) is 3.65. The van der Waals surface area contributed by atoms with Crippen LogP contribution in [0.5, 0.6) is 0 Å². The molecule has 0 saturated heterocycles. The summed E-state index contributed by atoms with van der Waals surface area (Å²) in [6.45, 7) is 0. The molecule has 0 amide bonds. The number of hydrogen-bond acceptors (Lipinski definition) is 8. The van der Waals surface area contributed by atoms with Crippen LogP contribution in [0.25, 0.3) is 0 Å². The van der Waals surface area contributed by atoms with E-state index in [4.69, 9.17) is 10.4 Å². The Morgan fingerprint density at radius 3 is 1.40 bits per heavy atom. The molecule has 0 radical (unpaired) electrons. The lowest BCUT2D eigenvalue weighted by atomic mass is 10.2. The molecule has 0 heterocycles. The highest BCUT2D eigenvalue weighted by Crippen LogP contribution is 2.46. The highest BCUT2D eigenvalue weighted by atomic mass is 31.2. The van der Waals surface area contributed by atoms with Crippen molar-refractivity contribution in [1.29, 1.82) is 0 Å². The van der Waals surface area contributed by atoms with E-state index < -0.39 is 26.1 Å². The summed E-state index contributed by atoms with van der Waals surface area (Å²) >= 11 is 0. The Morgan fingerprint density at radius 2 is 1.20 bits per heavy atom. The lowest BCUT2D eigenvalue weighted by Gasteiger charge is -2.11. The van der Waals surface area contributed by atoms with E-state index in [1.54, 1.807) is 0 Å². The highest BCUT2D eigenvalue weighted by molar-refractivity contribution is 7.71. The van der Waals surface area contributed by atoms with Gasteiger partial charge in [-0.25, -0.2) is 0 Å². The number of hydrogen-bond donors (Lipinski definition) is 4. The summed E-state index contributed by atoms with van der Waals surface area (Å²) in [6, 6.07) is 0. The lowest BCUT2D eigenvalue weighted by Crippen LogP contribution is -2.04. The first-order chi connectivity index (χ1) is 9.25. The Labute approximate surface area is 115 Å². The van der Waals surface area contributed by atoms with Gasteiger partial charge in [-0.15, -0.1) is 0 Å². The molecule has 0 aliphatic heterocycles. The van der Waals surface area contributed by atoms with Gasteiger partial charge in [-0.2, -0.15) is 0 Å². The molecule has 0 saturated carbocycles. The first kappa shape index (κ1) is 19.2. The number of nitrogens with zero attached hydrogens (tertiary/aromatic N) is 2. The molecule has 20 heavy (non-hydrogen) atoms. The van der Waals surface area contributed by atoms with Gasteiger partial charge in [0.25, 0.3) is 0 Å². The largest absolute Gasteiger partial charge is 0.410 e. The fraction of sp³-hybridized carbons (Fsp3) is 0.750. The summed E-state index contributed by atoms with van der Waals surface area (Å²) < 4.78 is 31.4. The summed E-state index contributed by atoms with van der Waals surface area (Å²) in [5.41, 5.74) is -0.831. The molecule has 0 aliphatic rings. The van der Waals surface area contributed by atoms with E-state index in [-0.39, 0.29) is 25.7 Å². The van der Waals surface area contributed by atoms with Gasteiger partial charge in [-0.05, 0) is 12.8 Å². The molecule has 2 atom stereocenters. The topological polar surface area (TPSA) is 158 Å². The van der Waals surface area contributed by atoms with Gasteiger partial charge >= 0.3 is 15.2 Å². The van der Waals surface area contributed by atoms with Crippen LogP contribution in [0.1, 0.15) is 25.7 Å². The molecule has 0 aliphatic carbocycles. The van der Waals surface area contributed by atoms with Crippen molar-refractivity contribution in [3.63, 3.8) is 0 Å². The van der Waals surface area contributed by atoms with Crippen molar-refractivity contribution in [3.05, 3.63) is 0 Å². The Hall–Kier alpha value is -0.760. The summed E-state index contributed by atoms with van der Waals surface area (Å²) in [5, 5.41) is 22.6. The zero-order valence-electron chi connectivity index (χ0n) is 11.0. The van der Waals surface area contributed by atoms with E-state index in [1.165, 1.54) is 0 Å². The maximum atomic E-state index is 11.4. The zero-order valence-corrected chi connectivity index (χ0v) is 12.8. The Bertz CT molecular complexity index is 421. The lowest BCUT2D eigenvalue weighted by molar-refractivity contribution is 0.305. The first-order valence-corrected chi connectivity index (χ1v) is 8.60. The van der Waals surface area contributed by atoms with Crippen molar-refractivity contribution < 1.29 is 38.4 Å². The van der Waals surface area contributed by atoms with Crippen molar-refractivity contribution >= 4 is 26.1 Å².